The summed E-state index contributed by atoms with van der Waals surface area (Å²) in [6.45, 7) is 3.22. The van der Waals surface area contributed by atoms with E-state index in [-0.39, 0.29) is 5.03 Å². The van der Waals surface area contributed by atoms with Crippen LogP contribution in [-0.2, 0) is 14.8 Å². The fourth-order valence-corrected chi connectivity index (χ4v) is 2.42. The quantitative estimate of drug-likeness (QED) is 0.547. The van der Waals surface area contributed by atoms with Gasteiger partial charge in [-0.2, -0.15) is 0 Å². The zero-order valence-electron chi connectivity index (χ0n) is 9.57. The second-order valence-electron chi connectivity index (χ2n) is 3.39. The second-order valence-corrected chi connectivity index (χ2v) is 5.91. The first-order valence-corrected chi connectivity index (χ1v) is 7.81. The lowest BCUT2D eigenvalue weighted by Crippen LogP contribution is -2.26. The van der Waals surface area contributed by atoms with E-state index in [4.69, 9.17) is 4.74 Å². The molecule has 1 aromatic rings. The number of imidazole rings is 1. The van der Waals surface area contributed by atoms with Crippen molar-refractivity contribution in [3.63, 3.8) is 0 Å². The Morgan fingerprint density at radius 2 is 2.29 bits per heavy atom. The van der Waals surface area contributed by atoms with Gasteiger partial charge in [-0.3, -0.25) is 0 Å². The molecule has 1 aromatic heterocycles. The van der Waals surface area contributed by atoms with Gasteiger partial charge in [0.25, 0.3) is 10.0 Å². The highest BCUT2D eigenvalue weighted by Crippen LogP contribution is 2.04. The number of halogens is 1. The molecule has 0 saturated heterocycles. The van der Waals surface area contributed by atoms with Crippen LogP contribution in [0.25, 0.3) is 0 Å². The minimum Gasteiger partial charge on any atom is -0.381 e. The summed E-state index contributed by atoms with van der Waals surface area (Å²) in [5.74, 6) is 0.575. The van der Waals surface area contributed by atoms with E-state index in [9.17, 15) is 8.42 Å². The lowest BCUT2D eigenvalue weighted by Gasteiger charge is -2.04. The first-order chi connectivity index (χ1) is 8.06. The van der Waals surface area contributed by atoms with E-state index in [0.29, 0.717) is 32.0 Å². The van der Waals surface area contributed by atoms with Crippen LogP contribution in [0.3, 0.4) is 0 Å². The minimum atomic E-state index is -3.47. The Morgan fingerprint density at radius 3 is 2.88 bits per heavy atom. The second kappa shape index (κ2) is 7.10. The number of rotatable bonds is 8. The van der Waals surface area contributed by atoms with Crippen molar-refractivity contribution in [3.8, 4) is 0 Å². The fourth-order valence-electron chi connectivity index (χ4n) is 1.15. The molecule has 0 atom stereocenters. The molecular formula is C9H16BrN3O3S. The number of aryl methyl sites for hydroxylation is 1. The number of aromatic amines is 1. The number of H-pyrrole nitrogens is 1. The molecule has 0 unspecified atom stereocenters. The van der Waals surface area contributed by atoms with Gasteiger partial charge in [0.05, 0.1) is 12.8 Å². The van der Waals surface area contributed by atoms with Crippen LogP contribution in [-0.4, -0.2) is 43.5 Å². The van der Waals surface area contributed by atoms with Crippen LogP contribution in [0.5, 0.6) is 0 Å². The molecule has 0 spiro atoms. The maximum atomic E-state index is 11.7. The molecular weight excluding hydrogens is 310 g/mol. The molecule has 0 radical (unpaired) electrons. The van der Waals surface area contributed by atoms with E-state index in [1.807, 2.05) is 0 Å². The van der Waals surface area contributed by atoms with Gasteiger partial charge in [0, 0.05) is 18.5 Å². The number of ether oxygens (including phenoxy) is 1. The largest absolute Gasteiger partial charge is 0.381 e. The Hall–Kier alpha value is -0.440. The van der Waals surface area contributed by atoms with Gasteiger partial charge in [-0.05, 0) is 13.3 Å². The predicted octanol–water partition coefficient (Wildman–Crippen LogP) is 0.798. The SMILES string of the molecule is Cc1ncc(S(=O)(=O)NCCCOCCBr)[nH]1. The Morgan fingerprint density at radius 1 is 1.53 bits per heavy atom. The number of hydrogen-bond acceptors (Lipinski definition) is 4. The number of nitrogens with zero attached hydrogens (tertiary/aromatic N) is 1. The highest BCUT2D eigenvalue weighted by atomic mass is 79.9. The van der Waals surface area contributed by atoms with Crippen LogP contribution < -0.4 is 4.72 Å². The van der Waals surface area contributed by atoms with Gasteiger partial charge in [0.15, 0.2) is 5.03 Å². The zero-order chi connectivity index (χ0) is 12.7. The average Bonchev–Trinajstić information content (AvgIpc) is 2.71. The smallest absolute Gasteiger partial charge is 0.257 e. The molecule has 2 N–H and O–H groups in total. The predicted molar refractivity (Wildman–Crippen MR) is 67.7 cm³/mol. The summed E-state index contributed by atoms with van der Waals surface area (Å²) in [7, 11) is -3.47. The van der Waals surface area contributed by atoms with Gasteiger partial charge in [-0.25, -0.2) is 18.1 Å². The minimum absolute atomic E-state index is 0.0939. The molecule has 0 aliphatic heterocycles. The third kappa shape index (κ3) is 5.15. The van der Waals surface area contributed by atoms with E-state index in [0.717, 1.165) is 5.33 Å². The van der Waals surface area contributed by atoms with Crippen LogP contribution >= 0.6 is 15.9 Å². The van der Waals surface area contributed by atoms with E-state index >= 15 is 0 Å². The van der Waals surface area contributed by atoms with Crippen molar-refractivity contribution in [1.82, 2.24) is 14.7 Å². The van der Waals surface area contributed by atoms with Gasteiger partial charge < -0.3 is 9.72 Å². The van der Waals surface area contributed by atoms with Gasteiger partial charge >= 0.3 is 0 Å². The number of alkyl halides is 1. The molecule has 17 heavy (non-hydrogen) atoms. The van der Waals surface area contributed by atoms with E-state index in [1.54, 1.807) is 6.92 Å². The maximum absolute atomic E-state index is 11.7. The van der Waals surface area contributed by atoms with Crippen molar-refractivity contribution in [2.75, 3.05) is 25.1 Å². The standard InChI is InChI=1S/C9H16BrN3O3S/c1-8-11-7-9(13-8)17(14,15)12-4-2-5-16-6-3-10/h7,12H,2-6H2,1H3,(H,11,13). The third-order valence-corrected chi connectivity index (χ3v) is 3.64. The van der Waals surface area contributed by atoms with Gasteiger partial charge in [-0.1, -0.05) is 15.9 Å². The summed E-state index contributed by atoms with van der Waals surface area (Å²) in [6.07, 6.45) is 1.94. The van der Waals surface area contributed by atoms with Crippen LogP contribution in [0.1, 0.15) is 12.2 Å². The Kier molecular flexibility index (Phi) is 6.10. The molecule has 1 rings (SSSR count). The molecule has 0 amide bonds. The van der Waals surface area contributed by atoms with Gasteiger partial charge in [0.2, 0.25) is 0 Å². The van der Waals surface area contributed by atoms with E-state index < -0.39 is 10.0 Å². The molecule has 1 heterocycles. The monoisotopic (exact) mass is 325 g/mol. The number of aromatic nitrogens is 2. The Balaban J connectivity index is 2.31. The molecule has 6 nitrogen and oxygen atoms in total. The molecule has 8 heteroatoms. The average molecular weight is 326 g/mol. The lowest BCUT2D eigenvalue weighted by molar-refractivity contribution is 0.149. The fraction of sp³-hybridized carbons (Fsp3) is 0.667. The molecule has 0 fully saturated rings. The van der Waals surface area contributed by atoms with Gasteiger partial charge in [0.1, 0.15) is 5.82 Å². The van der Waals surface area contributed by atoms with Crippen LogP contribution in [0, 0.1) is 6.92 Å². The van der Waals surface area contributed by atoms with Crippen molar-refractivity contribution >= 4 is 26.0 Å². The molecule has 0 aliphatic carbocycles. The van der Waals surface area contributed by atoms with Crippen LogP contribution in [0.4, 0.5) is 0 Å². The maximum Gasteiger partial charge on any atom is 0.257 e. The summed E-state index contributed by atoms with van der Waals surface area (Å²) >= 11 is 3.24. The normalized spacial score (nSPS) is 11.9. The first-order valence-electron chi connectivity index (χ1n) is 5.21. The molecule has 98 valence electrons. The van der Waals surface area contributed by atoms with E-state index in [2.05, 4.69) is 30.6 Å². The number of sulfonamides is 1. The van der Waals surface area contributed by atoms with Crippen molar-refractivity contribution in [2.24, 2.45) is 0 Å². The highest BCUT2D eigenvalue weighted by molar-refractivity contribution is 9.09. The molecule has 0 bridgehead atoms. The molecule has 0 saturated carbocycles. The van der Waals surface area contributed by atoms with Crippen molar-refractivity contribution < 1.29 is 13.2 Å². The highest BCUT2D eigenvalue weighted by Gasteiger charge is 2.15. The van der Waals surface area contributed by atoms with Crippen LogP contribution in [0.15, 0.2) is 11.2 Å². The topological polar surface area (TPSA) is 84.1 Å². The van der Waals surface area contributed by atoms with Crippen LogP contribution in [0.2, 0.25) is 0 Å². The summed E-state index contributed by atoms with van der Waals surface area (Å²) in [4.78, 5) is 6.53. The van der Waals surface area contributed by atoms with E-state index in [1.165, 1.54) is 6.20 Å². The molecule has 0 aliphatic rings. The Labute approximate surface area is 109 Å². The first kappa shape index (κ1) is 14.6. The van der Waals surface area contributed by atoms with Crippen molar-refractivity contribution in [1.29, 1.82) is 0 Å². The summed E-state index contributed by atoms with van der Waals surface area (Å²) < 4.78 is 31.1. The summed E-state index contributed by atoms with van der Waals surface area (Å²) in [5.41, 5.74) is 0. The summed E-state index contributed by atoms with van der Waals surface area (Å²) in [6, 6.07) is 0. The number of nitrogens with one attached hydrogen (secondary N) is 2. The Bertz CT molecular complexity index is 432. The van der Waals surface area contributed by atoms with Crippen molar-refractivity contribution in [2.45, 2.75) is 18.4 Å². The zero-order valence-corrected chi connectivity index (χ0v) is 12.0. The van der Waals surface area contributed by atoms with Crippen molar-refractivity contribution in [3.05, 3.63) is 12.0 Å². The lowest BCUT2D eigenvalue weighted by atomic mass is 10.5. The van der Waals surface area contributed by atoms with Gasteiger partial charge in [-0.15, -0.1) is 0 Å². The molecule has 0 aromatic carbocycles. The third-order valence-electron chi connectivity index (χ3n) is 1.95. The summed E-state index contributed by atoms with van der Waals surface area (Å²) in [5, 5.41) is 0.878. The number of hydrogen-bond donors (Lipinski definition) is 2.